The number of Topliss-reactive ketones (excluding diaryl/α,β-unsaturated/α-hetero) is 1. The molecule has 13 nitrogen and oxygen atoms in total. The van der Waals surface area contributed by atoms with Gasteiger partial charge in [-0.25, -0.2) is 0 Å². The highest BCUT2D eigenvalue weighted by Crippen LogP contribution is 2.34. The van der Waals surface area contributed by atoms with E-state index in [-0.39, 0.29) is 17.8 Å². The van der Waals surface area contributed by atoms with E-state index < -0.39 is 80.2 Å². The Hall–Kier alpha value is -3.60. The van der Waals surface area contributed by atoms with Gasteiger partial charge in [0.25, 0.3) is 5.91 Å². The first-order valence-corrected chi connectivity index (χ1v) is 14.8. The van der Waals surface area contributed by atoms with Gasteiger partial charge in [0.2, 0.25) is 0 Å². The maximum atomic E-state index is 13.1. The quantitative estimate of drug-likeness (QED) is 0.134. The Morgan fingerprint density at radius 1 is 0.609 bits per heavy atom. The Labute approximate surface area is 263 Å². The number of benzene rings is 3. The Balaban J connectivity index is 1.22. The average molecular weight is 640 g/mol. The molecule has 13 heteroatoms. The summed E-state index contributed by atoms with van der Waals surface area (Å²) in [6, 6.07) is 19.2. The zero-order valence-corrected chi connectivity index (χ0v) is 24.5. The number of aliphatic hydroxyl groups is 8. The summed E-state index contributed by atoms with van der Waals surface area (Å²) in [6.45, 7) is -1.14. The Morgan fingerprint density at radius 3 is 1.59 bits per heavy atom. The summed E-state index contributed by atoms with van der Waals surface area (Å²) in [4.78, 5) is 26.1. The fourth-order valence-electron chi connectivity index (χ4n) is 5.70. The van der Waals surface area contributed by atoms with Crippen molar-refractivity contribution in [2.45, 2.75) is 67.5 Å². The fourth-order valence-corrected chi connectivity index (χ4v) is 5.70. The van der Waals surface area contributed by atoms with Gasteiger partial charge in [-0.1, -0.05) is 42.5 Å². The smallest absolute Gasteiger partial charge is 0.255 e. The van der Waals surface area contributed by atoms with E-state index in [9.17, 15) is 50.4 Å². The molecular formula is C33H37NO12. The summed E-state index contributed by atoms with van der Waals surface area (Å²) in [6.07, 6.45) is -13.3. The molecule has 10 atom stereocenters. The van der Waals surface area contributed by atoms with Crippen LogP contribution in [0.2, 0.25) is 0 Å². The molecule has 2 heterocycles. The largest absolute Gasteiger partial charge is 0.394 e. The number of carbonyl (C=O) groups is 2. The van der Waals surface area contributed by atoms with Gasteiger partial charge in [-0.2, -0.15) is 0 Å². The number of ether oxygens (including phenoxy) is 2. The molecule has 246 valence electrons. The van der Waals surface area contributed by atoms with Crippen molar-refractivity contribution in [3.8, 4) is 0 Å². The molecule has 0 radical (unpaired) electrons. The molecule has 0 aliphatic carbocycles. The van der Waals surface area contributed by atoms with Crippen LogP contribution in [0, 0.1) is 0 Å². The predicted octanol–water partition coefficient (Wildman–Crippen LogP) is -0.606. The maximum absolute atomic E-state index is 13.1. The second-order valence-electron chi connectivity index (χ2n) is 11.5. The van der Waals surface area contributed by atoms with Gasteiger partial charge in [-0.15, -0.1) is 0 Å². The first kappa shape index (κ1) is 33.8. The highest BCUT2D eigenvalue weighted by Gasteiger charge is 2.45. The zero-order valence-electron chi connectivity index (χ0n) is 24.5. The van der Waals surface area contributed by atoms with Gasteiger partial charge in [-0.05, 0) is 47.0 Å². The molecule has 1 unspecified atom stereocenters. The molecule has 1 amide bonds. The van der Waals surface area contributed by atoms with Crippen molar-refractivity contribution in [1.29, 1.82) is 0 Å². The van der Waals surface area contributed by atoms with Crippen LogP contribution in [0.1, 0.15) is 49.6 Å². The number of nitrogens with one attached hydrogen (secondary N) is 1. The number of amides is 1. The summed E-state index contributed by atoms with van der Waals surface area (Å²) in [7, 11) is 0. The van der Waals surface area contributed by atoms with Crippen molar-refractivity contribution in [1.82, 2.24) is 0 Å². The topological polar surface area (TPSA) is 226 Å². The zero-order chi connectivity index (χ0) is 33.1. The van der Waals surface area contributed by atoms with Gasteiger partial charge in [0.15, 0.2) is 5.78 Å². The Kier molecular flexibility index (Phi) is 10.6. The number of hydrogen-bond donors (Lipinski definition) is 9. The third kappa shape index (κ3) is 7.04. The normalized spacial score (nSPS) is 31.3. The predicted molar refractivity (Wildman–Crippen MR) is 161 cm³/mol. The van der Waals surface area contributed by atoms with Crippen molar-refractivity contribution < 1.29 is 59.9 Å². The lowest BCUT2D eigenvalue weighted by Gasteiger charge is -2.40. The van der Waals surface area contributed by atoms with Gasteiger partial charge in [0, 0.05) is 23.2 Å². The standard InChI is InChI=1S/C33H37NO12/c35-14-23-25(38)27(40)29(42)31(45-23)18-4-1-3-17(12-18)22(37)11-16-7-9-21(10-8-16)34-33(44)20-6-2-5-19(13-20)32-30(43)28(41)26(39)24(15-36)46-32/h1-10,12-13,23-32,35-36,38-43H,11,14-15H2,(H,34,44)/t23-,24-,25-,26-,27+,28+,29+,30+,31-,32?/m1/s1. The molecule has 0 aromatic heterocycles. The minimum Gasteiger partial charge on any atom is -0.394 e. The number of carbonyl (C=O) groups excluding carboxylic acids is 2. The summed E-state index contributed by atoms with van der Waals surface area (Å²) in [5.41, 5.74) is 2.43. The molecule has 0 spiro atoms. The molecule has 46 heavy (non-hydrogen) atoms. The lowest BCUT2D eigenvalue weighted by molar-refractivity contribution is -0.231. The first-order chi connectivity index (χ1) is 22.0. The summed E-state index contributed by atoms with van der Waals surface area (Å²) in [5.74, 6) is -0.714. The third-order valence-electron chi connectivity index (χ3n) is 8.38. The van der Waals surface area contributed by atoms with Crippen LogP contribution in [0.4, 0.5) is 5.69 Å². The van der Waals surface area contributed by atoms with Gasteiger partial charge in [-0.3, -0.25) is 9.59 Å². The number of anilines is 1. The second kappa shape index (κ2) is 14.4. The Bertz CT molecular complexity index is 1400. The van der Waals surface area contributed by atoms with Crippen molar-refractivity contribution >= 4 is 17.4 Å². The maximum Gasteiger partial charge on any atom is 0.255 e. The number of rotatable bonds is 9. The van der Waals surface area contributed by atoms with E-state index in [2.05, 4.69) is 5.32 Å². The van der Waals surface area contributed by atoms with Crippen molar-refractivity contribution in [2.75, 3.05) is 18.5 Å². The molecule has 3 aromatic carbocycles. The van der Waals surface area contributed by atoms with E-state index in [0.29, 0.717) is 27.9 Å². The number of hydrogen-bond acceptors (Lipinski definition) is 12. The van der Waals surface area contributed by atoms with Crippen LogP contribution in [0.15, 0.2) is 72.8 Å². The lowest BCUT2D eigenvalue weighted by Crippen LogP contribution is -2.55. The number of ketones is 1. The van der Waals surface area contributed by atoms with Crippen LogP contribution < -0.4 is 5.32 Å². The molecule has 2 saturated heterocycles. The van der Waals surface area contributed by atoms with Crippen molar-refractivity contribution in [3.63, 3.8) is 0 Å². The van der Waals surface area contributed by atoms with Crippen LogP contribution in [-0.4, -0.2) is 115 Å². The van der Waals surface area contributed by atoms with Crippen LogP contribution in [0.5, 0.6) is 0 Å². The molecule has 5 rings (SSSR count). The highest BCUT2D eigenvalue weighted by atomic mass is 16.6. The van der Waals surface area contributed by atoms with Crippen LogP contribution in [-0.2, 0) is 15.9 Å². The third-order valence-corrected chi connectivity index (χ3v) is 8.38. The molecule has 3 aromatic rings. The fraction of sp³-hybridized carbons (Fsp3) is 0.394. The van der Waals surface area contributed by atoms with Crippen LogP contribution in [0.25, 0.3) is 0 Å². The minimum absolute atomic E-state index is 0.0213. The highest BCUT2D eigenvalue weighted by molar-refractivity contribution is 6.04. The summed E-state index contributed by atoms with van der Waals surface area (Å²) < 4.78 is 11.2. The Morgan fingerprint density at radius 2 is 1.09 bits per heavy atom. The summed E-state index contributed by atoms with van der Waals surface area (Å²) >= 11 is 0. The van der Waals surface area contributed by atoms with Crippen molar-refractivity contribution in [3.05, 3.63) is 101 Å². The molecule has 2 aliphatic heterocycles. The van der Waals surface area contributed by atoms with E-state index in [1.165, 1.54) is 12.1 Å². The minimum atomic E-state index is -1.55. The monoisotopic (exact) mass is 639 g/mol. The molecule has 2 aliphatic rings. The molecule has 2 fully saturated rings. The van der Waals surface area contributed by atoms with E-state index in [1.807, 2.05) is 0 Å². The summed E-state index contributed by atoms with van der Waals surface area (Å²) in [5, 5.41) is 82.9. The molecular weight excluding hydrogens is 602 g/mol. The van der Waals surface area contributed by atoms with E-state index >= 15 is 0 Å². The van der Waals surface area contributed by atoms with Gasteiger partial charge in [0.05, 0.1) is 13.2 Å². The van der Waals surface area contributed by atoms with Gasteiger partial charge < -0.3 is 55.6 Å². The first-order valence-electron chi connectivity index (χ1n) is 14.8. The van der Waals surface area contributed by atoms with Crippen LogP contribution in [0.3, 0.4) is 0 Å². The van der Waals surface area contributed by atoms with Gasteiger partial charge in [0.1, 0.15) is 61.0 Å². The molecule has 9 N–H and O–H groups in total. The molecule has 0 saturated carbocycles. The van der Waals surface area contributed by atoms with E-state index in [0.717, 1.165) is 0 Å². The van der Waals surface area contributed by atoms with E-state index in [1.54, 1.807) is 60.7 Å². The van der Waals surface area contributed by atoms with Crippen molar-refractivity contribution in [2.24, 2.45) is 0 Å². The van der Waals surface area contributed by atoms with E-state index in [4.69, 9.17) is 9.47 Å². The number of aliphatic hydroxyl groups excluding tert-OH is 8. The average Bonchev–Trinajstić information content (AvgIpc) is 3.07. The van der Waals surface area contributed by atoms with Gasteiger partial charge >= 0.3 is 0 Å². The van der Waals surface area contributed by atoms with Crippen LogP contribution >= 0.6 is 0 Å². The second-order valence-corrected chi connectivity index (χ2v) is 11.5. The lowest BCUT2D eigenvalue weighted by atomic mass is 9.90. The molecule has 0 bridgehead atoms. The SMILES string of the molecule is O=C(Cc1ccc(NC(=O)c2cccc(C3O[C@H](CO)[C@@H](O)[C@H](O)[C@@H]3O)c2)cc1)c1cccc([C@H]2O[C@H](CO)[C@@H](O)[C@H](O)[C@@H]2O)c1.